The number of esters is 1. The lowest BCUT2D eigenvalue weighted by atomic mass is 10.1. The summed E-state index contributed by atoms with van der Waals surface area (Å²) in [7, 11) is -2.66. The second-order valence-electron chi connectivity index (χ2n) is 11.8. The van der Waals surface area contributed by atoms with E-state index in [1.54, 1.807) is 0 Å². The van der Waals surface area contributed by atoms with Crippen LogP contribution in [0.4, 0.5) is 0 Å². The minimum atomic E-state index is -2.66. The number of nitrogens with zero attached hydrogens (tertiary/aromatic N) is 2. The van der Waals surface area contributed by atoms with Crippen molar-refractivity contribution >= 4 is 63.2 Å². The molecule has 0 N–H and O–H groups in total. The van der Waals surface area contributed by atoms with E-state index in [4.69, 9.17) is 19.0 Å². The molecule has 9 heteroatoms. The SMILES string of the molecule is CCOC(=O)c1c(I)c(-c2ccc(Br)cc2)nn1C1CCC(CO[Si](c2ccccc2)(c2ccccc2)C(C)(C)C)OC1. The number of rotatable bonds is 9. The first-order valence-corrected chi connectivity index (χ1v) is 18.5. The predicted octanol–water partition coefficient (Wildman–Crippen LogP) is 7.39. The Morgan fingerprint density at radius 1 is 1.00 bits per heavy atom. The van der Waals surface area contributed by atoms with Crippen LogP contribution >= 0.6 is 38.5 Å². The number of ether oxygens (including phenoxy) is 2. The molecule has 1 aliphatic rings. The summed E-state index contributed by atoms with van der Waals surface area (Å²) >= 11 is 5.72. The fourth-order valence-corrected chi connectivity index (χ4v) is 11.7. The molecule has 0 bridgehead atoms. The first kappa shape index (κ1) is 32.1. The van der Waals surface area contributed by atoms with E-state index in [2.05, 4.69) is 120 Å². The van der Waals surface area contributed by atoms with E-state index < -0.39 is 8.32 Å². The lowest BCUT2D eigenvalue weighted by Crippen LogP contribution is -2.67. The van der Waals surface area contributed by atoms with Crippen molar-refractivity contribution < 1.29 is 18.7 Å². The van der Waals surface area contributed by atoms with Gasteiger partial charge in [-0.3, -0.25) is 4.68 Å². The molecule has 5 rings (SSSR count). The molecular formula is C34H38BrIN2O4Si. The van der Waals surface area contributed by atoms with Crippen molar-refractivity contribution in [1.82, 2.24) is 9.78 Å². The number of aromatic nitrogens is 2. The van der Waals surface area contributed by atoms with Crippen LogP contribution in [0.25, 0.3) is 11.3 Å². The van der Waals surface area contributed by atoms with E-state index in [0.717, 1.165) is 32.1 Å². The molecule has 2 heterocycles. The molecule has 0 aliphatic carbocycles. The van der Waals surface area contributed by atoms with Crippen LogP contribution in [0.1, 0.15) is 57.1 Å². The highest BCUT2D eigenvalue weighted by molar-refractivity contribution is 14.1. The Kier molecular flexibility index (Phi) is 10.3. The molecule has 2 unspecified atom stereocenters. The van der Waals surface area contributed by atoms with Crippen LogP contribution in [0.15, 0.2) is 89.4 Å². The molecular weight excluding hydrogens is 735 g/mol. The van der Waals surface area contributed by atoms with Crippen LogP contribution < -0.4 is 10.4 Å². The highest BCUT2D eigenvalue weighted by Gasteiger charge is 2.50. The molecule has 43 heavy (non-hydrogen) atoms. The first-order chi connectivity index (χ1) is 20.7. The van der Waals surface area contributed by atoms with Gasteiger partial charge in [0.05, 0.1) is 35.5 Å². The zero-order valence-corrected chi connectivity index (χ0v) is 29.8. The fraction of sp³-hybridized carbons (Fsp3) is 0.353. The number of hydrogen-bond acceptors (Lipinski definition) is 5. The number of carbonyl (C=O) groups is 1. The van der Waals surface area contributed by atoms with Gasteiger partial charge in [0.2, 0.25) is 0 Å². The van der Waals surface area contributed by atoms with Gasteiger partial charge in [0, 0.05) is 10.0 Å². The Balaban J connectivity index is 1.38. The van der Waals surface area contributed by atoms with Crippen LogP contribution in [0.2, 0.25) is 5.04 Å². The summed E-state index contributed by atoms with van der Waals surface area (Å²) in [6, 6.07) is 29.3. The van der Waals surface area contributed by atoms with Crippen molar-refractivity contribution in [3.63, 3.8) is 0 Å². The van der Waals surface area contributed by atoms with E-state index in [1.807, 2.05) is 35.9 Å². The largest absolute Gasteiger partial charge is 0.461 e. The Morgan fingerprint density at radius 2 is 1.60 bits per heavy atom. The number of benzene rings is 3. The smallest absolute Gasteiger partial charge is 0.357 e. The van der Waals surface area contributed by atoms with Gasteiger partial charge in [0.25, 0.3) is 8.32 Å². The quantitative estimate of drug-likeness (QED) is 0.101. The highest BCUT2D eigenvalue weighted by atomic mass is 127. The predicted molar refractivity (Wildman–Crippen MR) is 186 cm³/mol. The van der Waals surface area contributed by atoms with Crippen molar-refractivity contribution in [2.45, 2.75) is 57.7 Å². The van der Waals surface area contributed by atoms with Gasteiger partial charge in [-0.2, -0.15) is 5.10 Å². The van der Waals surface area contributed by atoms with Crippen LogP contribution in [0, 0.1) is 3.57 Å². The Morgan fingerprint density at radius 3 is 2.12 bits per heavy atom. The van der Waals surface area contributed by atoms with Crippen molar-refractivity contribution in [2.75, 3.05) is 19.8 Å². The first-order valence-electron chi connectivity index (χ1n) is 14.7. The van der Waals surface area contributed by atoms with Crippen LogP contribution in [-0.2, 0) is 13.9 Å². The molecule has 0 amide bonds. The minimum Gasteiger partial charge on any atom is -0.461 e. The number of halogens is 2. The van der Waals surface area contributed by atoms with E-state index in [1.165, 1.54) is 10.4 Å². The second kappa shape index (κ2) is 13.8. The third-order valence-electron chi connectivity index (χ3n) is 8.03. The molecule has 0 saturated carbocycles. The molecule has 3 aromatic carbocycles. The third-order valence-corrected chi connectivity index (χ3v) is 14.6. The van der Waals surface area contributed by atoms with Gasteiger partial charge in [-0.15, -0.1) is 0 Å². The van der Waals surface area contributed by atoms with Gasteiger partial charge >= 0.3 is 5.97 Å². The standard InChI is InChI=1S/C34H38BrIN2O4Si/c1-5-40-33(39)32-30(36)31(24-16-18-25(35)19-17-24)37-38(32)26-20-21-27(41-22-26)23-42-43(34(2,3)4,28-12-8-6-9-13-28)29-14-10-7-11-15-29/h6-19,26-27H,5,20-23H2,1-4H3. The molecule has 1 fully saturated rings. The molecule has 0 spiro atoms. The van der Waals surface area contributed by atoms with E-state index in [9.17, 15) is 4.79 Å². The van der Waals surface area contributed by atoms with Gasteiger partial charge in [-0.25, -0.2) is 4.79 Å². The topological polar surface area (TPSA) is 62.6 Å². The summed E-state index contributed by atoms with van der Waals surface area (Å²) < 4.78 is 22.7. The van der Waals surface area contributed by atoms with E-state index >= 15 is 0 Å². The normalized spacial score (nSPS) is 17.5. The van der Waals surface area contributed by atoms with Gasteiger partial charge in [-0.05, 0) is 69.9 Å². The maximum atomic E-state index is 13.1. The summed E-state index contributed by atoms with van der Waals surface area (Å²) in [6.07, 6.45) is 1.57. The molecule has 226 valence electrons. The minimum absolute atomic E-state index is 0.0514. The summed E-state index contributed by atoms with van der Waals surface area (Å²) in [5.74, 6) is -0.361. The Bertz CT molecular complexity index is 1480. The lowest BCUT2D eigenvalue weighted by Gasteiger charge is -2.44. The van der Waals surface area contributed by atoms with Gasteiger partial charge in [0.1, 0.15) is 5.69 Å². The van der Waals surface area contributed by atoms with Crippen molar-refractivity contribution in [1.29, 1.82) is 0 Å². The Labute approximate surface area is 277 Å². The van der Waals surface area contributed by atoms with Gasteiger partial charge in [-0.1, -0.05) is 109 Å². The zero-order valence-electron chi connectivity index (χ0n) is 25.1. The molecule has 4 aromatic rings. The van der Waals surface area contributed by atoms with Crippen molar-refractivity contribution in [3.05, 3.63) is 98.7 Å². The lowest BCUT2D eigenvalue weighted by molar-refractivity contribution is -0.0383. The average Bonchev–Trinajstić information content (AvgIpc) is 3.35. The summed E-state index contributed by atoms with van der Waals surface area (Å²) in [5, 5.41) is 7.36. The second-order valence-corrected chi connectivity index (χ2v) is 18.1. The number of hydrogen-bond donors (Lipinski definition) is 0. The zero-order chi connectivity index (χ0) is 30.6. The monoisotopic (exact) mass is 772 g/mol. The summed E-state index contributed by atoms with van der Waals surface area (Å²) in [4.78, 5) is 13.1. The molecule has 6 nitrogen and oxygen atoms in total. The van der Waals surface area contributed by atoms with Crippen LogP contribution in [0.5, 0.6) is 0 Å². The average molecular weight is 774 g/mol. The maximum absolute atomic E-state index is 13.1. The van der Waals surface area contributed by atoms with E-state index in [-0.39, 0.29) is 23.2 Å². The van der Waals surface area contributed by atoms with Gasteiger partial charge < -0.3 is 13.9 Å². The molecule has 0 radical (unpaired) electrons. The maximum Gasteiger partial charge on any atom is 0.357 e. The fourth-order valence-electron chi connectivity index (χ4n) is 5.95. The van der Waals surface area contributed by atoms with Crippen molar-refractivity contribution in [3.8, 4) is 11.3 Å². The van der Waals surface area contributed by atoms with Crippen molar-refractivity contribution in [2.24, 2.45) is 0 Å². The molecule has 2 atom stereocenters. The molecule has 1 aliphatic heterocycles. The third kappa shape index (κ3) is 6.71. The van der Waals surface area contributed by atoms with Crippen LogP contribution in [0.3, 0.4) is 0 Å². The van der Waals surface area contributed by atoms with Gasteiger partial charge in [0.15, 0.2) is 5.69 Å². The number of carbonyl (C=O) groups excluding carboxylic acids is 1. The van der Waals surface area contributed by atoms with Crippen LogP contribution in [-0.4, -0.2) is 50.0 Å². The summed E-state index contributed by atoms with van der Waals surface area (Å²) in [6.45, 7) is 9.94. The Hall–Kier alpha value is -2.31. The summed E-state index contributed by atoms with van der Waals surface area (Å²) in [5.41, 5.74) is 2.20. The molecule has 1 saturated heterocycles. The molecule has 1 aromatic heterocycles. The van der Waals surface area contributed by atoms with E-state index in [0.29, 0.717) is 25.5 Å². The highest BCUT2D eigenvalue weighted by Crippen LogP contribution is 2.38.